The van der Waals surface area contributed by atoms with Crippen LogP contribution in [0.1, 0.15) is 58.8 Å². The molecule has 0 amide bonds. The molecule has 0 aromatic heterocycles. The average Bonchev–Trinajstić information content (AvgIpc) is 2.34. The van der Waals surface area contributed by atoms with Crippen molar-refractivity contribution >= 4 is 11.8 Å². The molecule has 0 radical (unpaired) electrons. The molecule has 1 nitrogen and oxygen atoms in total. The topological polar surface area (TPSA) is 12.0 Å². The lowest BCUT2D eigenvalue weighted by atomic mass is 9.80. The first-order valence-corrected chi connectivity index (χ1v) is 8.85. The van der Waals surface area contributed by atoms with Gasteiger partial charge in [-0.1, -0.05) is 20.3 Å². The van der Waals surface area contributed by atoms with Gasteiger partial charge < -0.3 is 5.32 Å². The molecule has 0 aliphatic heterocycles. The van der Waals surface area contributed by atoms with E-state index in [2.05, 4.69) is 25.4 Å². The minimum atomic E-state index is 0.825. The largest absolute Gasteiger partial charge is 0.314 e. The van der Waals surface area contributed by atoms with E-state index < -0.39 is 0 Å². The van der Waals surface area contributed by atoms with Crippen LogP contribution in [0.2, 0.25) is 0 Å². The fourth-order valence-electron chi connectivity index (χ4n) is 2.84. The third-order valence-corrected chi connectivity index (χ3v) is 4.87. The second kappa shape index (κ2) is 9.27. The van der Waals surface area contributed by atoms with Crippen molar-refractivity contribution in [3.05, 3.63) is 0 Å². The molecule has 17 heavy (non-hydrogen) atoms. The van der Waals surface area contributed by atoms with Crippen molar-refractivity contribution in [1.82, 2.24) is 5.32 Å². The molecule has 1 aliphatic rings. The number of rotatable bonds is 8. The molecule has 0 heterocycles. The quantitative estimate of drug-likeness (QED) is 0.650. The SMILES string of the molecule is CSCCCCCNC1CCC(C(C)C)CC1. The Hall–Kier alpha value is 0.310. The van der Waals surface area contributed by atoms with Crippen LogP contribution in [-0.2, 0) is 0 Å². The zero-order chi connectivity index (χ0) is 12.5. The van der Waals surface area contributed by atoms with Gasteiger partial charge in [0.1, 0.15) is 0 Å². The van der Waals surface area contributed by atoms with E-state index in [4.69, 9.17) is 0 Å². The maximum absolute atomic E-state index is 3.75. The Morgan fingerprint density at radius 1 is 1.06 bits per heavy atom. The molecule has 1 N–H and O–H groups in total. The lowest BCUT2D eigenvalue weighted by molar-refractivity contribution is 0.238. The molecule has 0 spiro atoms. The molecule has 0 unspecified atom stereocenters. The van der Waals surface area contributed by atoms with Gasteiger partial charge in [-0.15, -0.1) is 0 Å². The highest BCUT2D eigenvalue weighted by Gasteiger charge is 2.22. The number of unbranched alkanes of at least 4 members (excludes halogenated alkanes) is 2. The summed E-state index contributed by atoms with van der Waals surface area (Å²) in [4.78, 5) is 0. The van der Waals surface area contributed by atoms with E-state index in [1.54, 1.807) is 0 Å². The van der Waals surface area contributed by atoms with Crippen LogP contribution in [0.25, 0.3) is 0 Å². The molecule has 1 rings (SSSR count). The summed E-state index contributed by atoms with van der Waals surface area (Å²) in [7, 11) is 0. The first kappa shape index (κ1) is 15.4. The minimum absolute atomic E-state index is 0.825. The summed E-state index contributed by atoms with van der Waals surface area (Å²) in [6.07, 6.45) is 12.1. The Morgan fingerprint density at radius 2 is 1.76 bits per heavy atom. The average molecular weight is 257 g/mol. The number of hydrogen-bond donors (Lipinski definition) is 1. The number of thioether (sulfide) groups is 1. The fourth-order valence-corrected chi connectivity index (χ4v) is 3.34. The molecule has 2 heteroatoms. The molecular weight excluding hydrogens is 226 g/mol. The summed E-state index contributed by atoms with van der Waals surface area (Å²) in [6, 6.07) is 0.825. The van der Waals surface area contributed by atoms with Crippen molar-refractivity contribution in [2.24, 2.45) is 11.8 Å². The van der Waals surface area contributed by atoms with Crippen LogP contribution < -0.4 is 5.32 Å². The zero-order valence-corrected chi connectivity index (χ0v) is 12.8. The third-order valence-electron chi connectivity index (χ3n) is 4.17. The summed E-state index contributed by atoms with van der Waals surface area (Å²) >= 11 is 1.97. The van der Waals surface area contributed by atoms with Gasteiger partial charge in [-0.2, -0.15) is 11.8 Å². The van der Waals surface area contributed by atoms with E-state index in [1.165, 1.54) is 57.2 Å². The van der Waals surface area contributed by atoms with Crippen LogP contribution in [0.3, 0.4) is 0 Å². The van der Waals surface area contributed by atoms with Gasteiger partial charge in [0.15, 0.2) is 0 Å². The summed E-state index contributed by atoms with van der Waals surface area (Å²) in [5, 5.41) is 3.75. The van der Waals surface area contributed by atoms with Crippen molar-refractivity contribution in [2.45, 2.75) is 64.8 Å². The molecule has 1 fully saturated rings. The molecule has 1 aliphatic carbocycles. The lowest BCUT2D eigenvalue weighted by Crippen LogP contribution is -2.34. The fraction of sp³-hybridized carbons (Fsp3) is 1.00. The standard InChI is InChI=1S/C15H31NS/c1-13(2)14-7-9-15(10-8-14)16-11-5-4-6-12-17-3/h13-16H,4-12H2,1-3H3. The van der Waals surface area contributed by atoms with Crippen LogP contribution in [0.4, 0.5) is 0 Å². The first-order chi connectivity index (χ1) is 8.24. The van der Waals surface area contributed by atoms with Crippen LogP contribution in [0.15, 0.2) is 0 Å². The molecule has 102 valence electrons. The highest BCUT2D eigenvalue weighted by molar-refractivity contribution is 7.98. The predicted molar refractivity (Wildman–Crippen MR) is 80.8 cm³/mol. The molecule has 0 saturated heterocycles. The lowest BCUT2D eigenvalue weighted by Gasteiger charge is -2.31. The maximum atomic E-state index is 3.75. The van der Waals surface area contributed by atoms with Crippen molar-refractivity contribution in [2.75, 3.05) is 18.6 Å². The zero-order valence-electron chi connectivity index (χ0n) is 12.0. The van der Waals surface area contributed by atoms with E-state index in [-0.39, 0.29) is 0 Å². The Morgan fingerprint density at radius 3 is 2.35 bits per heavy atom. The van der Waals surface area contributed by atoms with Gasteiger partial charge in [0.2, 0.25) is 0 Å². The Balaban J connectivity index is 1.95. The summed E-state index contributed by atoms with van der Waals surface area (Å²) in [5.74, 6) is 3.22. The number of hydrogen-bond acceptors (Lipinski definition) is 2. The Bertz CT molecular complexity index is 174. The molecule has 1 saturated carbocycles. The van der Waals surface area contributed by atoms with Crippen LogP contribution >= 0.6 is 11.8 Å². The predicted octanol–water partition coefficient (Wildman–Crippen LogP) is 4.32. The third kappa shape index (κ3) is 6.71. The maximum Gasteiger partial charge on any atom is 0.00672 e. The van der Waals surface area contributed by atoms with Gasteiger partial charge in [0, 0.05) is 6.04 Å². The second-order valence-electron chi connectivity index (χ2n) is 5.86. The van der Waals surface area contributed by atoms with Crippen LogP contribution in [-0.4, -0.2) is 24.6 Å². The van der Waals surface area contributed by atoms with Crippen molar-refractivity contribution in [3.8, 4) is 0 Å². The van der Waals surface area contributed by atoms with Crippen molar-refractivity contribution in [1.29, 1.82) is 0 Å². The van der Waals surface area contributed by atoms with E-state index in [9.17, 15) is 0 Å². The molecule has 0 atom stereocenters. The first-order valence-electron chi connectivity index (χ1n) is 7.46. The number of nitrogens with one attached hydrogen (secondary N) is 1. The molecule has 0 bridgehead atoms. The smallest absolute Gasteiger partial charge is 0.00672 e. The van der Waals surface area contributed by atoms with E-state index >= 15 is 0 Å². The molecule has 0 aromatic rings. The summed E-state index contributed by atoms with van der Waals surface area (Å²) in [6.45, 7) is 6.00. The van der Waals surface area contributed by atoms with Crippen LogP contribution in [0.5, 0.6) is 0 Å². The van der Waals surface area contributed by atoms with Gasteiger partial charge in [0.25, 0.3) is 0 Å². The minimum Gasteiger partial charge on any atom is -0.314 e. The van der Waals surface area contributed by atoms with Gasteiger partial charge in [-0.3, -0.25) is 0 Å². The van der Waals surface area contributed by atoms with Crippen molar-refractivity contribution < 1.29 is 0 Å². The van der Waals surface area contributed by atoms with Gasteiger partial charge in [0.05, 0.1) is 0 Å². The molecule has 0 aromatic carbocycles. The normalized spacial score (nSPS) is 25.4. The highest BCUT2D eigenvalue weighted by atomic mass is 32.2. The van der Waals surface area contributed by atoms with Crippen LogP contribution in [0, 0.1) is 11.8 Å². The second-order valence-corrected chi connectivity index (χ2v) is 6.85. The van der Waals surface area contributed by atoms with E-state index in [0.29, 0.717) is 0 Å². The molecular formula is C15H31NS. The Labute approximate surface area is 113 Å². The van der Waals surface area contributed by atoms with Gasteiger partial charge in [-0.05, 0) is 68.9 Å². The van der Waals surface area contributed by atoms with Crippen molar-refractivity contribution in [3.63, 3.8) is 0 Å². The van der Waals surface area contributed by atoms with E-state index in [1.807, 2.05) is 11.8 Å². The Kier molecular flexibility index (Phi) is 8.38. The van der Waals surface area contributed by atoms with Gasteiger partial charge in [-0.25, -0.2) is 0 Å². The van der Waals surface area contributed by atoms with Gasteiger partial charge >= 0.3 is 0 Å². The monoisotopic (exact) mass is 257 g/mol. The summed E-state index contributed by atoms with van der Waals surface area (Å²) in [5.41, 5.74) is 0. The highest BCUT2D eigenvalue weighted by Crippen LogP contribution is 2.29. The summed E-state index contributed by atoms with van der Waals surface area (Å²) < 4.78 is 0. The van der Waals surface area contributed by atoms with E-state index in [0.717, 1.165) is 17.9 Å².